The van der Waals surface area contributed by atoms with Gasteiger partial charge in [0.05, 0.1) is 0 Å². The van der Waals surface area contributed by atoms with E-state index in [-0.39, 0.29) is 17.7 Å². The largest absolute Gasteiger partial charge is 0.381 e. The Morgan fingerprint density at radius 3 is 2.54 bits per heavy atom. The first-order valence-electron chi connectivity index (χ1n) is 3.88. The van der Waals surface area contributed by atoms with Crippen molar-refractivity contribution in [3.8, 4) is 0 Å². The molecule has 0 aliphatic rings. The fraction of sp³-hybridized carbons (Fsp3) is 0.375. The molecule has 1 rings (SSSR count). The summed E-state index contributed by atoms with van der Waals surface area (Å²) in [6, 6.07) is 0.736. The SMILES string of the molecule is CC(C)Nc1nc(N)c(F)cc1F. The van der Waals surface area contributed by atoms with Crippen molar-refractivity contribution >= 4 is 11.6 Å². The highest BCUT2D eigenvalue weighted by Crippen LogP contribution is 2.16. The minimum absolute atomic E-state index is 0.0195. The van der Waals surface area contributed by atoms with Gasteiger partial charge in [-0.15, -0.1) is 0 Å². The fourth-order valence-electron chi connectivity index (χ4n) is 0.855. The summed E-state index contributed by atoms with van der Waals surface area (Å²) in [6.07, 6.45) is 0. The molecule has 0 saturated carbocycles. The quantitative estimate of drug-likeness (QED) is 0.741. The maximum Gasteiger partial charge on any atom is 0.168 e. The highest BCUT2D eigenvalue weighted by atomic mass is 19.1. The normalized spacial score (nSPS) is 10.5. The molecule has 0 atom stereocenters. The van der Waals surface area contributed by atoms with E-state index in [1.807, 2.05) is 13.8 Å². The van der Waals surface area contributed by atoms with Crippen molar-refractivity contribution in [3.63, 3.8) is 0 Å². The van der Waals surface area contributed by atoms with Crippen LogP contribution in [-0.2, 0) is 0 Å². The Hall–Kier alpha value is -1.39. The van der Waals surface area contributed by atoms with Crippen molar-refractivity contribution in [2.75, 3.05) is 11.1 Å². The predicted molar refractivity (Wildman–Crippen MR) is 47.3 cm³/mol. The minimum Gasteiger partial charge on any atom is -0.381 e. The molecule has 3 nitrogen and oxygen atoms in total. The summed E-state index contributed by atoms with van der Waals surface area (Å²) in [4.78, 5) is 3.53. The molecular formula is C8H11F2N3. The van der Waals surface area contributed by atoms with E-state index in [2.05, 4.69) is 10.3 Å². The van der Waals surface area contributed by atoms with Crippen LogP contribution in [0.5, 0.6) is 0 Å². The van der Waals surface area contributed by atoms with Gasteiger partial charge in [0.1, 0.15) is 0 Å². The van der Waals surface area contributed by atoms with Crippen LogP contribution in [0.2, 0.25) is 0 Å². The molecule has 0 bridgehead atoms. The molecule has 0 fully saturated rings. The smallest absolute Gasteiger partial charge is 0.168 e. The highest BCUT2D eigenvalue weighted by Gasteiger charge is 2.09. The number of hydrogen-bond donors (Lipinski definition) is 2. The summed E-state index contributed by atoms with van der Waals surface area (Å²) in [5.41, 5.74) is 5.17. The molecule has 5 heteroatoms. The van der Waals surface area contributed by atoms with E-state index in [9.17, 15) is 8.78 Å². The Morgan fingerprint density at radius 1 is 1.38 bits per heavy atom. The number of anilines is 2. The van der Waals surface area contributed by atoms with Gasteiger partial charge in [-0.25, -0.2) is 13.8 Å². The van der Waals surface area contributed by atoms with Crippen LogP contribution in [0.25, 0.3) is 0 Å². The molecule has 0 saturated heterocycles. The lowest BCUT2D eigenvalue weighted by Crippen LogP contribution is -2.13. The first kappa shape index (κ1) is 9.70. The van der Waals surface area contributed by atoms with Gasteiger partial charge >= 0.3 is 0 Å². The summed E-state index contributed by atoms with van der Waals surface area (Å²) in [5, 5.41) is 2.71. The van der Waals surface area contributed by atoms with E-state index in [1.54, 1.807) is 0 Å². The zero-order valence-electron chi connectivity index (χ0n) is 7.44. The van der Waals surface area contributed by atoms with Crippen LogP contribution in [0.4, 0.5) is 20.4 Å². The van der Waals surface area contributed by atoms with E-state index in [0.29, 0.717) is 6.07 Å². The lowest BCUT2D eigenvalue weighted by molar-refractivity contribution is 0.578. The van der Waals surface area contributed by atoms with Gasteiger partial charge in [0.2, 0.25) is 0 Å². The van der Waals surface area contributed by atoms with Crippen LogP contribution >= 0.6 is 0 Å². The first-order valence-corrected chi connectivity index (χ1v) is 3.88. The molecule has 72 valence electrons. The molecule has 0 aromatic carbocycles. The van der Waals surface area contributed by atoms with E-state index < -0.39 is 11.6 Å². The van der Waals surface area contributed by atoms with E-state index in [0.717, 1.165) is 0 Å². The standard InChI is InChI=1S/C8H11F2N3/c1-4(2)12-8-6(10)3-5(9)7(11)13-8/h3-4H,1-2H3,(H3,11,12,13). The summed E-state index contributed by atoms with van der Waals surface area (Å²) >= 11 is 0. The lowest BCUT2D eigenvalue weighted by atomic mass is 10.3. The number of hydrogen-bond acceptors (Lipinski definition) is 3. The molecule has 0 aliphatic heterocycles. The van der Waals surface area contributed by atoms with Crippen LogP contribution in [0.1, 0.15) is 13.8 Å². The second kappa shape index (κ2) is 3.55. The number of pyridine rings is 1. The maximum absolute atomic E-state index is 13.0. The van der Waals surface area contributed by atoms with Crippen molar-refractivity contribution in [3.05, 3.63) is 17.7 Å². The summed E-state index contributed by atoms with van der Waals surface area (Å²) < 4.78 is 25.6. The van der Waals surface area contributed by atoms with Crippen molar-refractivity contribution in [2.45, 2.75) is 19.9 Å². The molecule has 13 heavy (non-hydrogen) atoms. The van der Waals surface area contributed by atoms with E-state index in [4.69, 9.17) is 5.73 Å². The van der Waals surface area contributed by atoms with E-state index in [1.165, 1.54) is 0 Å². The van der Waals surface area contributed by atoms with Crippen LogP contribution in [0, 0.1) is 11.6 Å². The third-order valence-electron chi connectivity index (χ3n) is 1.38. The number of aromatic nitrogens is 1. The third kappa shape index (κ3) is 2.27. The van der Waals surface area contributed by atoms with Crippen LogP contribution in [-0.4, -0.2) is 11.0 Å². The predicted octanol–water partition coefficient (Wildman–Crippen LogP) is 1.76. The Kier molecular flexibility index (Phi) is 2.65. The van der Waals surface area contributed by atoms with E-state index >= 15 is 0 Å². The number of rotatable bonds is 2. The van der Waals surface area contributed by atoms with Gasteiger partial charge in [-0.3, -0.25) is 0 Å². The molecule has 0 spiro atoms. The number of halogens is 2. The van der Waals surface area contributed by atoms with Gasteiger partial charge in [-0.1, -0.05) is 0 Å². The second-order valence-corrected chi connectivity index (χ2v) is 2.98. The zero-order chi connectivity index (χ0) is 10.0. The molecule has 1 heterocycles. The number of nitrogens with zero attached hydrogens (tertiary/aromatic N) is 1. The second-order valence-electron chi connectivity index (χ2n) is 2.98. The van der Waals surface area contributed by atoms with Gasteiger partial charge in [0.15, 0.2) is 23.3 Å². The molecular weight excluding hydrogens is 176 g/mol. The van der Waals surface area contributed by atoms with Gasteiger partial charge in [-0.05, 0) is 13.8 Å². The van der Waals surface area contributed by atoms with Gasteiger partial charge in [0.25, 0.3) is 0 Å². The lowest BCUT2D eigenvalue weighted by Gasteiger charge is -2.10. The topological polar surface area (TPSA) is 50.9 Å². The van der Waals surface area contributed by atoms with Crippen molar-refractivity contribution in [1.29, 1.82) is 0 Å². The van der Waals surface area contributed by atoms with Gasteiger partial charge in [0, 0.05) is 12.1 Å². The molecule has 3 N–H and O–H groups in total. The molecule has 0 radical (unpaired) electrons. The molecule has 0 amide bonds. The Labute approximate surface area is 75.0 Å². The van der Waals surface area contributed by atoms with Crippen molar-refractivity contribution in [2.24, 2.45) is 0 Å². The average Bonchev–Trinajstić information content (AvgIpc) is 1.99. The Bertz CT molecular complexity index is 313. The molecule has 1 aromatic rings. The van der Waals surface area contributed by atoms with Crippen LogP contribution in [0.15, 0.2) is 6.07 Å². The number of nitrogen functional groups attached to an aromatic ring is 1. The summed E-state index contributed by atoms with van der Waals surface area (Å²) in [7, 11) is 0. The zero-order valence-corrected chi connectivity index (χ0v) is 7.44. The monoisotopic (exact) mass is 187 g/mol. The number of nitrogens with one attached hydrogen (secondary N) is 1. The Morgan fingerprint density at radius 2 is 2.00 bits per heavy atom. The average molecular weight is 187 g/mol. The first-order chi connectivity index (χ1) is 6.00. The Balaban J connectivity index is 3.01. The molecule has 0 aliphatic carbocycles. The van der Waals surface area contributed by atoms with Gasteiger partial charge < -0.3 is 11.1 Å². The van der Waals surface area contributed by atoms with Crippen LogP contribution < -0.4 is 11.1 Å². The summed E-state index contributed by atoms with van der Waals surface area (Å²) in [6.45, 7) is 3.64. The fourth-order valence-corrected chi connectivity index (χ4v) is 0.855. The van der Waals surface area contributed by atoms with Crippen molar-refractivity contribution < 1.29 is 8.78 Å². The van der Waals surface area contributed by atoms with Crippen LogP contribution in [0.3, 0.4) is 0 Å². The summed E-state index contributed by atoms with van der Waals surface area (Å²) in [5.74, 6) is -1.90. The van der Waals surface area contributed by atoms with Crippen molar-refractivity contribution in [1.82, 2.24) is 4.98 Å². The maximum atomic E-state index is 13.0. The highest BCUT2D eigenvalue weighted by molar-refractivity contribution is 5.45. The third-order valence-corrected chi connectivity index (χ3v) is 1.38. The van der Waals surface area contributed by atoms with Gasteiger partial charge in [-0.2, -0.15) is 0 Å². The number of nitrogens with two attached hydrogens (primary N) is 1. The molecule has 1 aromatic heterocycles. The molecule has 0 unspecified atom stereocenters. The minimum atomic E-state index is -0.841.